The molecule has 1 aromatic rings. The molecule has 23 heavy (non-hydrogen) atoms. The third-order valence-corrected chi connectivity index (χ3v) is 3.63. The lowest BCUT2D eigenvalue weighted by Crippen LogP contribution is -2.41. The minimum Gasteiger partial charge on any atom is -0.378 e. The summed E-state index contributed by atoms with van der Waals surface area (Å²) in [5.41, 5.74) is 4.17. The highest BCUT2D eigenvalue weighted by Crippen LogP contribution is 2.30. The number of carbonyl (C=O) groups excluding carboxylic acids is 2. The lowest BCUT2D eigenvalue weighted by atomic mass is 9.91. The van der Waals surface area contributed by atoms with Crippen molar-refractivity contribution in [2.75, 3.05) is 26.3 Å². The van der Waals surface area contributed by atoms with Gasteiger partial charge in [-0.05, 0) is 12.5 Å². The van der Waals surface area contributed by atoms with Crippen LogP contribution >= 0.6 is 0 Å². The van der Waals surface area contributed by atoms with Gasteiger partial charge in [0.15, 0.2) is 0 Å². The van der Waals surface area contributed by atoms with E-state index >= 15 is 0 Å². The van der Waals surface area contributed by atoms with E-state index < -0.39 is 22.4 Å². The zero-order chi connectivity index (χ0) is 17.0. The highest BCUT2D eigenvalue weighted by Gasteiger charge is 2.49. The molecule has 124 valence electrons. The van der Waals surface area contributed by atoms with E-state index in [1.165, 1.54) is 25.1 Å². The van der Waals surface area contributed by atoms with Crippen LogP contribution in [0.4, 0.5) is 10.5 Å². The van der Waals surface area contributed by atoms with E-state index in [9.17, 15) is 19.7 Å². The van der Waals surface area contributed by atoms with E-state index in [1.807, 2.05) is 0 Å². The molecule has 0 radical (unpaired) electrons. The van der Waals surface area contributed by atoms with E-state index in [0.29, 0.717) is 18.7 Å². The van der Waals surface area contributed by atoms with Crippen LogP contribution in [-0.4, -0.2) is 48.1 Å². The van der Waals surface area contributed by atoms with Crippen molar-refractivity contribution in [2.24, 2.45) is 5.73 Å². The van der Waals surface area contributed by atoms with Crippen LogP contribution in [0.2, 0.25) is 0 Å². The van der Waals surface area contributed by atoms with E-state index in [0.717, 1.165) is 4.90 Å². The summed E-state index contributed by atoms with van der Waals surface area (Å²) in [7, 11) is 0. The Hall–Kier alpha value is -2.52. The fraction of sp³-hybridized carbons (Fsp3) is 0.429. The molecular weight excluding hydrogens is 304 g/mol. The predicted molar refractivity (Wildman–Crippen MR) is 80.6 cm³/mol. The second kappa shape index (κ2) is 6.71. The van der Waals surface area contributed by atoms with Crippen molar-refractivity contribution >= 4 is 17.6 Å². The number of ether oxygens (including phenoxy) is 1. The molecule has 1 unspecified atom stereocenters. The van der Waals surface area contributed by atoms with Crippen molar-refractivity contribution in [1.29, 1.82) is 0 Å². The van der Waals surface area contributed by atoms with Gasteiger partial charge in [0, 0.05) is 18.7 Å². The molecule has 9 heteroatoms. The molecule has 2 rings (SSSR count). The number of hydrogen-bond donors (Lipinski definition) is 2. The molecule has 1 aliphatic heterocycles. The highest BCUT2D eigenvalue weighted by molar-refractivity contribution is 6.07. The fourth-order valence-corrected chi connectivity index (χ4v) is 2.37. The first-order valence-electron chi connectivity index (χ1n) is 7.07. The monoisotopic (exact) mass is 322 g/mol. The van der Waals surface area contributed by atoms with Crippen LogP contribution in [0.5, 0.6) is 0 Å². The Labute approximate surface area is 132 Å². The van der Waals surface area contributed by atoms with Gasteiger partial charge in [-0.2, -0.15) is 0 Å². The third-order valence-electron chi connectivity index (χ3n) is 3.63. The molecule has 9 nitrogen and oxygen atoms in total. The van der Waals surface area contributed by atoms with Gasteiger partial charge < -0.3 is 15.8 Å². The van der Waals surface area contributed by atoms with Crippen LogP contribution in [0.3, 0.4) is 0 Å². The molecule has 0 aliphatic carbocycles. The number of nitrogens with two attached hydrogens (primary N) is 1. The van der Waals surface area contributed by atoms with Gasteiger partial charge in [-0.25, -0.2) is 4.79 Å². The summed E-state index contributed by atoms with van der Waals surface area (Å²) in [5, 5.41) is 13.5. The largest absolute Gasteiger partial charge is 0.378 e. The summed E-state index contributed by atoms with van der Waals surface area (Å²) in [5.74, 6) is -0.473. The van der Waals surface area contributed by atoms with Gasteiger partial charge in [0.2, 0.25) is 0 Å². The second-order valence-electron chi connectivity index (χ2n) is 5.22. The normalized spacial score (nSPS) is 20.7. The van der Waals surface area contributed by atoms with Crippen LogP contribution in [-0.2, 0) is 15.1 Å². The van der Waals surface area contributed by atoms with Crippen LogP contribution in [0.1, 0.15) is 12.5 Å². The van der Waals surface area contributed by atoms with Crippen LogP contribution < -0.4 is 11.1 Å². The van der Waals surface area contributed by atoms with Gasteiger partial charge in [0.1, 0.15) is 5.54 Å². The number of nitro benzene ring substituents is 1. The first-order chi connectivity index (χ1) is 10.9. The Morgan fingerprint density at radius 3 is 2.78 bits per heavy atom. The number of imide groups is 1. The Kier molecular flexibility index (Phi) is 4.92. The standard InChI is InChI=1S/C14H18N4O5/c1-14(10-3-2-4-11(9-10)18(21)22)12(19)17(13(20)16-14)6-8-23-7-5-15/h2-4,9H,5-8,15H2,1H3,(H,16,20). The summed E-state index contributed by atoms with van der Waals surface area (Å²) < 4.78 is 5.18. The van der Waals surface area contributed by atoms with Gasteiger partial charge in [-0.15, -0.1) is 0 Å². The van der Waals surface area contributed by atoms with Gasteiger partial charge in [-0.3, -0.25) is 19.8 Å². The third kappa shape index (κ3) is 3.30. The number of carbonyl (C=O) groups is 2. The Bertz CT molecular complexity index is 635. The molecule has 0 bridgehead atoms. The van der Waals surface area contributed by atoms with E-state index in [-0.39, 0.29) is 18.8 Å². The SMILES string of the molecule is CC1(c2cccc([N+](=O)[O-])c2)NC(=O)N(CCOCCN)C1=O. The molecule has 0 aromatic heterocycles. The average molecular weight is 322 g/mol. The van der Waals surface area contributed by atoms with E-state index in [1.54, 1.807) is 6.07 Å². The fourth-order valence-electron chi connectivity index (χ4n) is 2.37. The van der Waals surface area contributed by atoms with E-state index in [2.05, 4.69) is 5.32 Å². The van der Waals surface area contributed by atoms with Gasteiger partial charge in [0.25, 0.3) is 11.6 Å². The maximum absolute atomic E-state index is 12.6. The number of nitrogens with zero attached hydrogens (tertiary/aromatic N) is 2. The smallest absolute Gasteiger partial charge is 0.325 e. The maximum atomic E-state index is 12.6. The lowest BCUT2D eigenvalue weighted by Gasteiger charge is -2.22. The highest BCUT2D eigenvalue weighted by atomic mass is 16.6. The minimum atomic E-state index is -1.34. The minimum absolute atomic E-state index is 0.0924. The molecule has 0 spiro atoms. The Balaban J connectivity index is 2.19. The second-order valence-corrected chi connectivity index (χ2v) is 5.22. The molecule has 3 amide bonds. The summed E-state index contributed by atoms with van der Waals surface area (Å²) in [6.07, 6.45) is 0. The Morgan fingerprint density at radius 1 is 1.39 bits per heavy atom. The quantitative estimate of drug-likeness (QED) is 0.322. The number of non-ortho nitro benzene ring substituents is 1. The predicted octanol–water partition coefficient (Wildman–Crippen LogP) is 0.337. The number of hydrogen-bond acceptors (Lipinski definition) is 6. The van der Waals surface area contributed by atoms with Crippen molar-refractivity contribution < 1.29 is 19.2 Å². The summed E-state index contributed by atoms with van der Waals surface area (Å²) in [6, 6.07) is 5.10. The van der Waals surface area contributed by atoms with Crippen LogP contribution in [0, 0.1) is 10.1 Å². The number of nitro groups is 1. The van der Waals surface area contributed by atoms with Crippen molar-refractivity contribution in [1.82, 2.24) is 10.2 Å². The zero-order valence-electron chi connectivity index (χ0n) is 12.7. The van der Waals surface area contributed by atoms with Gasteiger partial charge in [-0.1, -0.05) is 12.1 Å². The summed E-state index contributed by atoms with van der Waals surface area (Å²) >= 11 is 0. The van der Waals surface area contributed by atoms with Crippen molar-refractivity contribution in [3.63, 3.8) is 0 Å². The molecule has 1 aromatic carbocycles. The average Bonchev–Trinajstić information content (AvgIpc) is 2.75. The van der Waals surface area contributed by atoms with Crippen LogP contribution in [0.25, 0.3) is 0 Å². The first-order valence-corrected chi connectivity index (χ1v) is 7.07. The molecule has 1 atom stereocenters. The number of urea groups is 1. The molecule has 1 saturated heterocycles. The topological polar surface area (TPSA) is 128 Å². The van der Waals surface area contributed by atoms with Gasteiger partial charge in [0.05, 0.1) is 24.7 Å². The number of nitrogens with one attached hydrogen (secondary N) is 1. The van der Waals surface area contributed by atoms with Crippen LogP contribution in [0.15, 0.2) is 24.3 Å². The molecule has 1 aliphatic rings. The molecule has 1 fully saturated rings. The Morgan fingerprint density at radius 2 is 2.13 bits per heavy atom. The number of rotatable bonds is 7. The van der Waals surface area contributed by atoms with E-state index in [4.69, 9.17) is 10.5 Å². The molecular formula is C14H18N4O5. The van der Waals surface area contributed by atoms with Crippen molar-refractivity contribution in [2.45, 2.75) is 12.5 Å². The number of benzene rings is 1. The number of amides is 3. The van der Waals surface area contributed by atoms with Crippen molar-refractivity contribution in [3.8, 4) is 0 Å². The summed E-state index contributed by atoms with van der Waals surface area (Å²) in [6.45, 7) is 2.49. The maximum Gasteiger partial charge on any atom is 0.325 e. The summed E-state index contributed by atoms with van der Waals surface area (Å²) in [4.78, 5) is 36.0. The van der Waals surface area contributed by atoms with Gasteiger partial charge >= 0.3 is 6.03 Å². The lowest BCUT2D eigenvalue weighted by molar-refractivity contribution is -0.385. The zero-order valence-corrected chi connectivity index (χ0v) is 12.7. The molecule has 0 saturated carbocycles. The molecule has 3 N–H and O–H groups in total. The first kappa shape index (κ1) is 16.8. The molecule has 1 heterocycles. The van der Waals surface area contributed by atoms with Crippen molar-refractivity contribution in [3.05, 3.63) is 39.9 Å².